The van der Waals surface area contributed by atoms with E-state index in [4.69, 9.17) is 4.74 Å². The van der Waals surface area contributed by atoms with Crippen LogP contribution in [0.2, 0.25) is 0 Å². The minimum atomic E-state index is -0.134. The highest BCUT2D eigenvalue weighted by Crippen LogP contribution is 2.11. The molecule has 0 bridgehead atoms. The molecule has 0 amide bonds. The van der Waals surface area contributed by atoms with Gasteiger partial charge in [0.05, 0.1) is 5.60 Å². The highest BCUT2D eigenvalue weighted by atomic mass is 16.5. The van der Waals surface area contributed by atoms with Crippen molar-refractivity contribution in [1.29, 1.82) is 0 Å². The minimum absolute atomic E-state index is 0.134. The standard InChI is InChI=1S/C10H19N3O/c1-7(2)9-11-8(12-13-9)6-14-10(3,4)5/h7H,6H2,1-5H3,(H,11,12,13). The van der Waals surface area contributed by atoms with Crippen LogP contribution in [0.15, 0.2) is 0 Å². The van der Waals surface area contributed by atoms with Gasteiger partial charge in [0.25, 0.3) is 0 Å². The van der Waals surface area contributed by atoms with Crippen LogP contribution in [0, 0.1) is 0 Å². The number of hydrogen-bond donors (Lipinski definition) is 1. The Bertz CT molecular complexity index is 286. The zero-order chi connectivity index (χ0) is 10.8. The Balaban J connectivity index is 2.52. The molecule has 4 heteroatoms. The van der Waals surface area contributed by atoms with Crippen LogP contribution in [0.5, 0.6) is 0 Å². The summed E-state index contributed by atoms with van der Waals surface area (Å²) in [7, 11) is 0. The van der Waals surface area contributed by atoms with E-state index in [-0.39, 0.29) is 5.60 Å². The third-order valence-electron chi connectivity index (χ3n) is 1.71. The van der Waals surface area contributed by atoms with Gasteiger partial charge in [-0.05, 0) is 20.8 Å². The van der Waals surface area contributed by atoms with Gasteiger partial charge in [0.2, 0.25) is 0 Å². The molecule has 0 radical (unpaired) electrons. The molecule has 0 aliphatic rings. The SMILES string of the molecule is CC(C)c1n[nH]c(COC(C)(C)C)n1. The van der Waals surface area contributed by atoms with Gasteiger partial charge in [0.15, 0.2) is 11.6 Å². The van der Waals surface area contributed by atoms with Crippen molar-refractivity contribution in [2.24, 2.45) is 0 Å². The fourth-order valence-electron chi connectivity index (χ4n) is 0.918. The molecule has 0 spiro atoms. The topological polar surface area (TPSA) is 50.8 Å². The number of rotatable bonds is 3. The quantitative estimate of drug-likeness (QED) is 0.808. The van der Waals surface area contributed by atoms with Crippen LogP contribution in [0.4, 0.5) is 0 Å². The smallest absolute Gasteiger partial charge is 0.153 e. The molecule has 0 aromatic carbocycles. The fourth-order valence-corrected chi connectivity index (χ4v) is 0.918. The van der Waals surface area contributed by atoms with E-state index in [9.17, 15) is 0 Å². The molecule has 0 saturated heterocycles. The van der Waals surface area contributed by atoms with Crippen molar-refractivity contribution in [2.45, 2.75) is 52.7 Å². The number of hydrogen-bond acceptors (Lipinski definition) is 3. The van der Waals surface area contributed by atoms with E-state index >= 15 is 0 Å². The molecule has 1 heterocycles. The molecule has 1 N–H and O–H groups in total. The van der Waals surface area contributed by atoms with Gasteiger partial charge < -0.3 is 4.74 Å². The van der Waals surface area contributed by atoms with Gasteiger partial charge in [-0.3, -0.25) is 5.10 Å². The first kappa shape index (κ1) is 11.2. The van der Waals surface area contributed by atoms with Crippen molar-refractivity contribution in [1.82, 2.24) is 15.2 Å². The van der Waals surface area contributed by atoms with E-state index in [1.807, 2.05) is 20.8 Å². The first-order valence-electron chi connectivity index (χ1n) is 4.93. The van der Waals surface area contributed by atoms with Crippen molar-refractivity contribution in [3.63, 3.8) is 0 Å². The van der Waals surface area contributed by atoms with Crippen molar-refractivity contribution < 1.29 is 4.74 Å². The second kappa shape index (κ2) is 4.09. The number of H-pyrrole nitrogens is 1. The molecule has 1 aromatic heterocycles. The van der Waals surface area contributed by atoms with Crippen molar-refractivity contribution >= 4 is 0 Å². The Kier molecular flexibility index (Phi) is 3.26. The Morgan fingerprint density at radius 3 is 2.43 bits per heavy atom. The molecule has 0 unspecified atom stereocenters. The number of ether oxygens (including phenoxy) is 1. The average molecular weight is 197 g/mol. The van der Waals surface area contributed by atoms with Crippen LogP contribution >= 0.6 is 0 Å². The highest BCUT2D eigenvalue weighted by Gasteiger charge is 2.12. The van der Waals surface area contributed by atoms with Crippen LogP contribution in [-0.2, 0) is 11.3 Å². The maximum atomic E-state index is 5.57. The van der Waals surface area contributed by atoms with Crippen LogP contribution in [-0.4, -0.2) is 20.8 Å². The largest absolute Gasteiger partial charge is 0.368 e. The zero-order valence-corrected chi connectivity index (χ0v) is 9.59. The van der Waals surface area contributed by atoms with Gasteiger partial charge in [0, 0.05) is 5.92 Å². The zero-order valence-electron chi connectivity index (χ0n) is 9.59. The lowest BCUT2D eigenvalue weighted by atomic mass is 10.2. The Morgan fingerprint density at radius 2 is 2.00 bits per heavy atom. The molecular formula is C10H19N3O. The van der Waals surface area contributed by atoms with Crippen LogP contribution in [0.1, 0.15) is 52.2 Å². The van der Waals surface area contributed by atoms with Crippen LogP contribution < -0.4 is 0 Å². The lowest BCUT2D eigenvalue weighted by molar-refractivity contribution is -0.0180. The third kappa shape index (κ3) is 3.46. The van der Waals surface area contributed by atoms with Crippen molar-refractivity contribution in [2.75, 3.05) is 0 Å². The molecule has 0 atom stereocenters. The van der Waals surface area contributed by atoms with E-state index in [1.165, 1.54) is 0 Å². The molecular weight excluding hydrogens is 178 g/mol. The van der Waals surface area contributed by atoms with Gasteiger partial charge in [-0.25, -0.2) is 4.98 Å². The maximum Gasteiger partial charge on any atom is 0.153 e. The normalized spacial score (nSPS) is 12.4. The molecule has 1 aromatic rings. The molecule has 1 rings (SSSR count). The Hall–Kier alpha value is -0.900. The van der Waals surface area contributed by atoms with Gasteiger partial charge in [-0.2, -0.15) is 5.10 Å². The van der Waals surface area contributed by atoms with E-state index in [0.717, 1.165) is 11.6 Å². The van der Waals surface area contributed by atoms with Crippen LogP contribution in [0.25, 0.3) is 0 Å². The number of nitrogens with zero attached hydrogens (tertiary/aromatic N) is 2. The summed E-state index contributed by atoms with van der Waals surface area (Å²) in [6.07, 6.45) is 0. The monoisotopic (exact) mass is 197 g/mol. The van der Waals surface area contributed by atoms with Crippen molar-refractivity contribution in [3.05, 3.63) is 11.6 Å². The second-order valence-corrected chi connectivity index (χ2v) is 4.70. The molecule has 0 aliphatic carbocycles. The van der Waals surface area contributed by atoms with Crippen molar-refractivity contribution in [3.8, 4) is 0 Å². The molecule has 80 valence electrons. The second-order valence-electron chi connectivity index (χ2n) is 4.70. The van der Waals surface area contributed by atoms with E-state index in [2.05, 4.69) is 29.0 Å². The number of nitrogens with one attached hydrogen (secondary N) is 1. The molecule has 4 nitrogen and oxygen atoms in total. The summed E-state index contributed by atoms with van der Waals surface area (Å²) < 4.78 is 5.57. The van der Waals surface area contributed by atoms with E-state index < -0.39 is 0 Å². The maximum absolute atomic E-state index is 5.57. The summed E-state index contributed by atoms with van der Waals surface area (Å²) in [5.41, 5.74) is -0.134. The average Bonchev–Trinajstić information content (AvgIpc) is 2.47. The molecule has 0 aliphatic heterocycles. The first-order chi connectivity index (χ1) is 6.38. The van der Waals surface area contributed by atoms with Gasteiger partial charge in [-0.1, -0.05) is 13.8 Å². The summed E-state index contributed by atoms with van der Waals surface area (Å²) in [6.45, 7) is 10.7. The lowest BCUT2D eigenvalue weighted by Gasteiger charge is -2.18. The summed E-state index contributed by atoms with van der Waals surface area (Å²) in [5.74, 6) is 2.00. The van der Waals surface area contributed by atoms with E-state index in [0.29, 0.717) is 12.5 Å². The highest BCUT2D eigenvalue weighted by molar-refractivity contribution is 4.93. The first-order valence-corrected chi connectivity index (χ1v) is 4.93. The third-order valence-corrected chi connectivity index (χ3v) is 1.71. The summed E-state index contributed by atoms with van der Waals surface area (Å²) in [4.78, 5) is 4.32. The van der Waals surface area contributed by atoms with Crippen LogP contribution in [0.3, 0.4) is 0 Å². The number of aromatic amines is 1. The molecule has 0 fully saturated rings. The van der Waals surface area contributed by atoms with Gasteiger partial charge in [-0.15, -0.1) is 0 Å². The summed E-state index contributed by atoms with van der Waals surface area (Å²) in [5, 5.41) is 6.97. The Labute approximate surface area is 85.1 Å². The fraction of sp³-hybridized carbons (Fsp3) is 0.800. The number of aromatic nitrogens is 3. The summed E-state index contributed by atoms with van der Waals surface area (Å²) >= 11 is 0. The van der Waals surface area contributed by atoms with E-state index in [1.54, 1.807) is 0 Å². The molecule has 0 saturated carbocycles. The predicted molar refractivity (Wildman–Crippen MR) is 55.0 cm³/mol. The van der Waals surface area contributed by atoms with Gasteiger partial charge >= 0.3 is 0 Å². The predicted octanol–water partition coefficient (Wildman–Crippen LogP) is 2.24. The van der Waals surface area contributed by atoms with Gasteiger partial charge in [0.1, 0.15) is 6.61 Å². The lowest BCUT2D eigenvalue weighted by Crippen LogP contribution is -2.19. The Morgan fingerprint density at radius 1 is 1.36 bits per heavy atom. The minimum Gasteiger partial charge on any atom is -0.368 e. The molecule has 14 heavy (non-hydrogen) atoms. The summed E-state index contributed by atoms with van der Waals surface area (Å²) in [6, 6.07) is 0.